The molecule has 0 aliphatic carbocycles. The molecule has 1 aliphatic rings. The summed E-state index contributed by atoms with van der Waals surface area (Å²) in [5.41, 5.74) is 1.44. The van der Waals surface area contributed by atoms with Gasteiger partial charge in [0.15, 0.2) is 0 Å². The fourth-order valence-corrected chi connectivity index (χ4v) is 3.35. The maximum atomic E-state index is 9.65. The van der Waals surface area contributed by atoms with Crippen LogP contribution in [0.5, 0.6) is 0 Å². The van der Waals surface area contributed by atoms with E-state index in [1.807, 2.05) is 18.2 Å². The lowest BCUT2D eigenvalue weighted by atomic mass is 9.98. The van der Waals surface area contributed by atoms with Crippen LogP contribution in [0.4, 0.5) is 5.69 Å². The van der Waals surface area contributed by atoms with Crippen LogP contribution in [0.2, 0.25) is 5.02 Å². The zero-order valence-corrected chi connectivity index (χ0v) is 13.7. The summed E-state index contributed by atoms with van der Waals surface area (Å²) in [4.78, 5) is 2.29. The van der Waals surface area contributed by atoms with Crippen LogP contribution >= 0.6 is 11.6 Å². The van der Waals surface area contributed by atoms with Gasteiger partial charge in [0.1, 0.15) is 0 Å². The molecule has 0 radical (unpaired) electrons. The van der Waals surface area contributed by atoms with Gasteiger partial charge in [-0.2, -0.15) is 0 Å². The van der Waals surface area contributed by atoms with Gasteiger partial charge in [-0.05, 0) is 52.3 Å². The predicted molar refractivity (Wildman–Crippen MR) is 83.5 cm³/mol. The van der Waals surface area contributed by atoms with Crippen molar-refractivity contribution in [3.05, 3.63) is 28.8 Å². The zero-order chi connectivity index (χ0) is 15.1. The number of aliphatic hydroxyl groups excluding tert-OH is 1. The van der Waals surface area contributed by atoms with E-state index in [1.54, 1.807) is 6.92 Å². The van der Waals surface area contributed by atoms with Crippen molar-refractivity contribution in [3.63, 3.8) is 0 Å². The quantitative estimate of drug-likeness (QED) is 0.901. The van der Waals surface area contributed by atoms with Crippen LogP contribution in [0.25, 0.3) is 0 Å². The van der Waals surface area contributed by atoms with Gasteiger partial charge < -0.3 is 14.7 Å². The Morgan fingerprint density at radius 2 is 1.75 bits per heavy atom. The number of hydrogen-bond acceptors (Lipinski definition) is 3. The van der Waals surface area contributed by atoms with Crippen molar-refractivity contribution in [3.8, 4) is 0 Å². The van der Waals surface area contributed by atoms with Crippen molar-refractivity contribution in [2.45, 2.75) is 51.9 Å². The van der Waals surface area contributed by atoms with Crippen molar-refractivity contribution in [2.75, 3.05) is 18.0 Å². The molecule has 0 spiro atoms. The molecule has 1 aromatic rings. The Morgan fingerprint density at radius 3 is 2.20 bits per heavy atom. The maximum Gasteiger partial charge on any atom is 0.0808 e. The van der Waals surface area contributed by atoms with Crippen molar-refractivity contribution >= 4 is 17.3 Å². The number of hydrogen-bond donors (Lipinski definition) is 1. The molecule has 0 bridgehead atoms. The summed E-state index contributed by atoms with van der Waals surface area (Å²) in [5.74, 6) is 0. The average molecular weight is 298 g/mol. The monoisotopic (exact) mass is 297 g/mol. The summed E-state index contributed by atoms with van der Waals surface area (Å²) < 4.78 is 6.09. The molecule has 1 aliphatic heterocycles. The van der Waals surface area contributed by atoms with Gasteiger partial charge in [0.25, 0.3) is 0 Å². The van der Waals surface area contributed by atoms with Gasteiger partial charge in [0, 0.05) is 23.8 Å². The Labute approximate surface area is 126 Å². The third-order valence-corrected chi connectivity index (χ3v) is 3.82. The Hall–Kier alpha value is -0.770. The lowest BCUT2D eigenvalue weighted by Crippen LogP contribution is -2.57. The second-order valence-corrected chi connectivity index (χ2v) is 7.27. The Balaban J connectivity index is 2.29. The maximum absolute atomic E-state index is 9.65. The minimum atomic E-state index is -0.547. The summed E-state index contributed by atoms with van der Waals surface area (Å²) >= 11 is 6.27. The van der Waals surface area contributed by atoms with Crippen molar-refractivity contribution < 1.29 is 9.84 Å². The number of aliphatic hydroxyl groups is 1. The number of rotatable bonds is 2. The molecule has 0 aromatic heterocycles. The van der Waals surface area contributed by atoms with Crippen LogP contribution in [0, 0.1) is 0 Å². The number of nitrogens with zero attached hydrogens (tertiary/aromatic N) is 1. The highest BCUT2D eigenvalue weighted by Crippen LogP contribution is 2.34. The van der Waals surface area contributed by atoms with Gasteiger partial charge in [-0.1, -0.05) is 17.7 Å². The highest BCUT2D eigenvalue weighted by atomic mass is 35.5. The van der Waals surface area contributed by atoms with E-state index in [9.17, 15) is 5.11 Å². The zero-order valence-electron chi connectivity index (χ0n) is 12.9. The number of morpholine rings is 1. The highest BCUT2D eigenvalue weighted by molar-refractivity contribution is 6.31. The summed E-state index contributed by atoms with van der Waals surface area (Å²) in [6.07, 6.45) is -0.547. The van der Waals surface area contributed by atoms with Gasteiger partial charge >= 0.3 is 0 Å². The van der Waals surface area contributed by atoms with Crippen LogP contribution in [-0.4, -0.2) is 29.4 Å². The van der Waals surface area contributed by atoms with E-state index >= 15 is 0 Å². The fourth-order valence-electron chi connectivity index (χ4n) is 3.02. The van der Waals surface area contributed by atoms with Crippen molar-refractivity contribution in [2.24, 2.45) is 0 Å². The van der Waals surface area contributed by atoms with Crippen LogP contribution in [0.3, 0.4) is 0 Å². The normalized spacial score (nSPS) is 22.6. The smallest absolute Gasteiger partial charge is 0.0808 e. The van der Waals surface area contributed by atoms with Crippen LogP contribution in [0.15, 0.2) is 18.2 Å². The van der Waals surface area contributed by atoms with E-state index in [2.05, 4.69) is 32.6 Å². The minimum absolute atomic E-state index is 0.197. The first-order chi connectivity index (χ1) is 9.10. The first kappa shape index (κ1) is 15.6. The summed E-state index contributed by atoms with van der Waals surface area (Å²) in [6, 6.07) is 5.85. The van der Waals surface area contributed by atoms with Crippen LogP contribution in [0.1, 0.15) is 46.3 Å². The Morgan fingerprint density at radius 1 is 1.20 bits per heavy atom. The Kier molecular flexibility index (Phi) is 4.07. The fraction of sp³-hybridized carbons (Fsp3) is 0.625. The second-order valence-electron chi connectivity index (χ2n) is 6.86. The van der Waals surface area contributed by atoms with Crippen molar-refractivity contribution in [1.29, 1.82) is 0 Å². The average Bonchev–Trinajstić information content (AvgIpc) is 2.23. The molecule has 3 nitrogen and oxygen atoms in total. The molecule has 0 saturated carbocycles. The molecule has 112 valence electrons. The largest absolute Gasteiger partial charge is 0.389 e. The lowest BCUT2D eigenvalue weighted by Gasteiger charge is -2.48. The summed E-state index contributed by atoms with van der Waals surface area (Å²) in [6.45, 7) is 11.8. The standard InChI is InChI=1S/C16H24ClNO2/c1-11(19)13-7-6-12(8-14(13)17)18-9-15(2,3)20-16(4,5)10-18/h6-8,11,19H,9-10H2,1-5H3. The van der Waals surface area contributed by atoms with Crippen LogP contribution < -0.4 is 4.90 Å². The molecule has 1 aromatic carbocycles. The molecule has 1 fully saturated rings. The molecular weight excluding hydrogens is 274 g/mol. The molecule has 1 saturated heterocycles. The van der Waals surface area contributed by atoms with Crippen LogP contribution in [-0.2, 0) is 4.74 Å². The molecule has 1 heterocycles. The summed E-state index contributed by atoms with van der Waals surface area (Å²) in [5, 5.41) is 10.3. The van der Waals surface area contributed by atoms with E-state index in [4.69, 9.17) is 16.3 Å². The van der Waals surface area contributed by atoms with Gasteiger partial charge in [-0.3, -0.25) is 0 Å². The van der Waals surface area contributed by atoms with E-state index < -0.39 is 6.10 Å². The predicted octanol–water partition coefficient (Wildman–Crippen LogP) is 3.79. The van der Waals surface area contributed by atoms with Gasteiger partial charge in [0.05, 0.1) is 17.3 Å². The third kappa shape index (κ3) is 3.46. The molecule has 1 N–H and O–H groups in total. The molecule has 1 atom stereocenters. The minimum Gasteiger partial charge on any atom is -0.389 e. The lowest BCUT2D eigenvalue weighted by molar-refractivity contribution is -0.133. The second kappa shape index (κ2) is 5.21. The van der Waals surface area contributed by atoms with E-state index in [0.29, 0.717) is 5.02 Å². The van der Waals surface area contributed by atoms with Gasteiger partial charge in [-0.15, -0.1) is 0 Å². The van der Waals surface area contributed by atoms with E-state index in [1.165, 1.54) is 0 Å². The van der Waals surface area contributed by atoms with Gasteiger partial charge in [0.2, 0.25) is 0 Å². The first-order valence-electron chi connectivity index (χ1n) is 7.02. The number of halogens is 1. The first-order valence-corrected chi connectivity index (χ1v) is 7.40. The summed E-state index contributed by atoms with van der Waals surface area (Å²) in [7, 11) is 0. The SMILES string of the molecule is CC(O)c1ccc(N2CC(C)(C)OC(C)(C)C2)cc1Cl. The molecule has 1 unspecified atom stereocenters. The molecule has 2 rings (SSSR count). The van der Waals surface area contributed by atoms with Gasteiger partial charge in [-0.25, -0.2) is 0 Å². The Bertz CT molecular complexity index is 481. The molecule has 0 amide bonds. The highest BCUT2D eigenvalue weighted by Gasteiger charge is 2.38. The molecular formula is C16H24ClNO2. The number of benzene rings is 1. The topological polar surface area (TPSA) is 32.7 Å². The third-order valence-electron chi connectivity index (χ3n) is 3.50. The van der Waals surface area contributed by atoms with E-state index in [0.717, 1.165) is 24.3 Å². The molecule has 20 heavy (non-hydrogen) atoms. The molecule has 4 heteroatoms. The van der Waals surface area contributed by atoms with E-state index in [-0.39, 0.29) is 11.2 Å². The van der Waals surface area contributed by atoms with Crippen molar-refractivity contribution in [1.82, 2.24) is 0 Å². The number of anilines is 1. The number of ether oxygens (including phenoxy) is 1.